The van der Waals surface area contributed by atoms with Gasteiger partial charge in [0.25, 0.3) is 0 Å². The van der Waals surface area contributed by atoms with Gasteiger partial charge in [-0.05, 0) is 14.0 Å². The largest absolute Gasteiger partial charge is 0.392 e. The number of aliphatic hydroxyl groups is 2. The third-order valence-electron chi connectivity index (χ3n) is 2.56. The molecule has 1 heterocycles. The molecule has 0 amide bonds. The van der Waals surface area contributed by atoms with Crippen LogP contribution in [0.5, 0.6) is 0 Å². The summed E-state index contributed by atoms with van der Waals surface area (Å²) in [4.78, 5) is 1.97. The second kappa shape index (κ2) is 5.07. The number of nitrogens with zero attached hydrogens (tertiary/aromatic N) is 1. The molecular weight excluding hydrogens is 182 g/mol. The van der Waals surface area contributed by atoms with Gasteiger partial charge in [-0.2, -0.15) is 0 Å². The number of hydrogen-bond acceptors (Lipinski definition) is 4. The summed E-state index contributed by atoms with van der Waals surface area (Å²) >= 11 is 0. The standard InChI is InChI=1S/C10H21NO3/c1-9(12)7-11(2)8-10(13)3-5-14-6-4-10/h9,12-13H,3-8H2,1-2H3. The fourth-order valence-corrected chi connectivity index (χ4v) is 1.93. The Bertz CT molecular complexity index is 167. The molecule has 0 aromatic carbocycles. The van der Waals surface area contributed by atoms with Crippen molar-refractivity contribution in [2.45, 2.75) is 31.5 Å². The molecule has 1 saturated heterocycles. The fourth-order valence-electron chi connectivity index (χ4n) is 1.93. The normalized spacial score (nSPS) is 23.8. The molecule has 4 nitrogen and oxygen atoms in total. The smallest absolute Gasteiger partial charge is 0.0817 e. The number of hydrogen-bond donors (Lipinski definition) is 2. The van der Waals surface area contributed by atoms with Gasteiger partial charge >= 0.3 is 0 Å². The lowest BCUT2D eigenvalue weighted by molar-refractivity contribution is -0.0793. The zero-order chi connectivity index (χ0) is 10.6. The van der Waals surface area contributed by atoms with Crippen LogP contribution in [0.25, 0.3) is 0 Å². The molecule has 1 aliphatic rings. The molecular formula is C10H21NO3. The van der Waals surface area contributed by atoms with Crippen LogP contribution in [0, 0.1) is 0 Å². The molecule has 0 spiro atoms. The zero-order valence-corrected chi connectivity index (χ0v) is 9.07. The van der Waals surface area contributed by atoms with Crippen molar-refractivity contribution >= 4 is 0 Å². The van der Waals surface area contributed by atoms with E-state index in [2.05, 4.69) is 0 Å². The quantitative estimate of drug-likeness (QED) is 0.666. The van der Waals surface area contributed by atoms with Crippen LogP contribution in [0.15, 0.2) is 0 Å². The molecule has 0 bridgehead atoms. The van der Waals surface area contributed by atoms with Crippen molar-refractivity contribution < 1.29 is 14.9 Å². The predicted molar refractivity (Wildman–Crippen MR) is 54.2 cm³/mol. The third kappa shape index (κ3) is 3.92. The minimum Gasteiger partial charge on any atom is -0.392 e. The number of ether oxygens (including phenoxy) is 1. The predicted octanol–water partition coefficient (Wildman–Crippen LogP) is -0.160. The van der Waals surface area contributed by atoms with Crippen LogP contribution < -0.4 is 0 Å². The molecule has 14 heavy (non-hydrogen) atoms. The average Bonchev–Trinajstić information content (AvgIpc) is 2.02. The van der Waals surface area contributed by atoms with Crippen LogP contribution >= 0.6 is 0 Å². The molecule has 1 unspecified atom stereocenters. The van der Waals surface area contributed by atoms with Crippen LogP contribution in [-0.2, 0) is 4.74 Å². The van der Waals surface area contributed by atoms with Crippen molar-refractivity contribution in [1.29, 1.82) is 0 Å². The number of rotatable bonds is 4. The van der Waals surface area contributed by atoms with Crippen LogP contribution in [0.4, 0.5) is 0 Å². The van der Waals surface area contributed by atoms with Gasteiger partial charge < -0.3 is 19.8 Å². The Kier molecular flexibility index (Phi) is 4.31. The van der Waals surface area contributed by atoms with Crippen molar-refractivity contribution in [1.82, 2.24) is 4.90 Å². The lowest BCUT2D eigenvalue weighted by Crippen LogP contribution is -2.47. The Balaban J connectivity index is 2.33. The highest BCUT2D eigenvalue weighted by Gasteiger charge is 2.30. The molecule has 1 atom stereocenters. The van der Waals surface area contributed by atoms with E-state index in [-0.39, 0.29) is 6.10 Å². The first-order valence-electron chi connectivity index (χ1n) is 5.19. The van der Waals surface area contributed by atoms with E-state index in [1.54, 1.807) is 6.92 Å². The highest BCUT2D eigenvalue weighted by molar-refractivity contribution is 4.84. The van der Waals surface area contributed by atoms with Crippen molar-refractivity contribution in [2.24, 2.45) is 0 Å². The van der Waals surface area contributed by atoms with Gasteiger partial charge in [-0.15, -0.1) is 0 Å². The fraction of sp³-hybridized carbons (Fsp3) is 1.00. The average molecular weight is 203 g/mol. The first kappa shape index (κ1) is 11.9. The summed E-state index contributed by atoms with van der Waals surface area (Å²) in [7, 11) is 1.92. The first-order chi connectivity index (χ1) is 6.52. The van der Waals surface area contributed by atoms with E-state index in [1.807, 2.05) is 11.9 Å². The van der Waals surface area contributed by atoms with Gasteiger partial charge in [-0.1, -0.05) is 0 Å². The van der Waals surface area contributed by atoms with E-state index in [1.165, 1.54) is 0 Å². The first-order valence-corrected chi connectivity index (χ1v) is 5.19. The number of aliphatic hydroxyl groups excluding tert-OH is 1. The molecule has 1 rings (SSSR count). The summed E-state index contributed by atoms with van der Waals surface area (Å²) in [5.41, 5.74) is -0.623. The topological polar surface area (TPSA) is 52.9 Å². The van der Waals surface area contributed by atoms with Gasteiger partial charge in [0.1, 0.15) is 0 Å². The van der Waals surface area contributed by atoms with Gasteiger partial charge in [-0.25, -0.2) is 0 Å². The van der Waals surface area contributed by atoms with E-state index in [0.29, 0.717) is 39.1 Å². The van der Waals surface area contributed by atoms with E-state index in [0.717, 1.165) is 0 Å². The molecule has 1 fully saturated rings. The summed E-state index contributed by atoms with van der Waals surface area (Å²) in [5.74, 6) is 0. The molecule has 1 aliphatic heterocycles. The van der Waals surface area contributed by atoms with E-state index in [9.17, 15) is 10.2 Å². The van der Waals surface area contributed by atoms with Crippen molar-refractivity contribution in [2.75, 3.05) is 33.4 Å². The maximum absolute atomic E-state index is 10.2. The van der Waals surface area contributed by atoms with Crippen LogP contribution in [0.2, 0.25) is 0 Å². The zero-order valence-electron chi connectivity index (χ0n) is 9.07. The summed E-state index contributed by atoms with van der Waals surface area (Å²) in [6.45, 7) is 4.24. The third-order valence-corrected chi connectivity index (χ3v) is 2.56. The van der Waals surface area contributed by atoms with Crippen molar-refractivity contribution in [3.8, 4) is 0 Å². The molecule has 0 saturated carbocycles. The van der Waals surface area contributed by atoms with E-state index in [4.69, 9.17) is 4.74 Å². The second-order valence-electron chi connectivity index (χ2n) is 4.38. The minimum absolute atomic E-state index is 0.344. The minimum atomic E-state index is -0.623. The van der Waals surface area contributed by atoms with E-state index < -0.39 is 5.60 Å². The summed E-state index contributed by atoms with van der Waals surface area (Å²) in [6, 6.07) is 0. The maximum Gasteiger partial charge on any atom is 0.0817 e. The molecule has 0 radical (unpaired) electrons. The van der Waals surface area contributed by atoms with Gasteiger partial charge in [0, 0.05) is 39.1 Å². The highest BCUT2D eigenvalue weighted by atomic mass is 16.5. The molecule has 84 valence electrons. The summed E-state index contributed by atoms with van der Waals surface area (Å²) in [6.07, 6.45) is 1.04. The van der Waals surface area contributed by atoms with E-state index >= 15 is 0 Å². The highest BCUT2D eigenvalue weighted by Crippen LogP contribution is 2.21. The van der Waals surface area contributed by atoms with Crippen molar-refractivity contribution in [3.63, 3.8) is 0 Å². The van der Waals surface area contributed by atoms with Crippen molar-refractivity contribution in [3.05, 3.63) is 0 Å². The Morgan fingerprint density at radius 2 is 2.00 bits per heavy atom. The Hall–Kier alpha value is -0.160. The Morgan fingerprint density at radius 1 is 1.43 bits per heavy atom. The van der Waals surface area contributed by atoms with Gasteiger partial charge in [0.2, 0.25) is 0 Å². The monoisotopic (exact) mass is 203 g/mol. The van der Waals surface area contributed by atoms with Crippen LogP contribution in [0.1, 0.15) is 19.8 Å². The van der Waals surface area contributed by atoms with Gasteiger partial charge in [-0.3, -0.25) is 0 Å². The maximum atomic E-state index is 10.2. The second-order valence-corrected chi connectivity index (χ2v) is 4.38. The van der Waals surface area contributed by atoms with Crippen LogP contribution in [0.3, 0.4) is 0 Å². The Morgan fingerprint density at radius 3 is 2.50 bits per heavy atom. The number of likely N-dealkylation sites (N-methyl/N-ethyl adjacent to an activating group) is 1. The lowest BCUT2D eigenvalue weighted by atomic mass is 9.94. The summed E-state index contributed by atoms with van der Waals surface area (Å²) in [5, 5.41) is 19.3. The Labute approximate surface area is 85.5 Å². The molecule has 2 N–H and O–H groups in total. The molecule has 0 aromatic heterocycles. The molecule has 4 heteroatoms. The molecule has 0 aliphatic carbocycles. The van der Waals surface area contributed by atoms with Gasteiger partial charge in [0.05, 0.1) is 11.7 Å². The van der Waals surface area contributed by atoms with Crippen LogP contribution in [-0.4, -0.2) is 60.2 Å². The summed E-state index contributed by atoms with van der Waals surface area (Å²) < 4.78 is 5.20. The molecule has 0 aromatic rings. The lowest BCUT2D eigenvalue weighted by Gasteiger charge is -2.35. The SMILES string of the molecule is CC(O)CN(C)CC1(O)CCOCC1. The van der Waals surface area contributed by atoms with Gasteiger partial charge in [0.15, 0.2) is 0 Å².